The molecule has 0 unspecified atom stereocenters. The van der Waals surface area contributed by atoms with E-state index in [4.69, 9.17) is 0 Å². The fourth-order valence-corrected chi connectivity index (χ4v) is 1.60. The van der Waals surface area contributed by atoms with E-state index in [1.165, 1.54) is 5.56 Å². The lowest BCUT2D eigenvalue weighted by atomic mass is 10.3. The van der Waals surface area contributed by atoms with E-state index in [1.54, 1.807) is 11.0 Å². The minimum atomic E-state index is 0.657. The summed E-state index contributed by atoms with van der Waals surface area (Å²) in [5, 5.41) is 11.7. The third kappa shape index (κ3) is 3.13. The van der Waals surface area contributed by atoms with Crippen LogP contribution in [-0.4, -0.2) is 31.1 Å². The first-order valence-corrected chi connectivity index (χ1v) is 5.84. The van der Waals surface area contributed by atoms with Crippen molar-refractivity contribution >= 4 is 0 Å². The van der Waals surface area contributed by atoms with Gasteiger partial charge in [-0.1, -0.05) is 6.92 Å². The van der Waals surface area contributed by atoms with Gasteiger partial charge in [0, 0.05) is 25.4 Å². The topological polar surface area (TPSA) is 60.6 Å². The van der Waals surface area contributed by atoms with Gasteiger partial charge in [-0.3, -0.25) is 9.36 Å². The second kappa shape index (κ2) is 5.58. The highest BCUT2D eigenvalue weighted by Gasteiger charge is 2.03. The predicted octanol–water partition coefficient (Wildman–Crippen LogP) is 0.559. The molecule has 6 nitrogen and oxygen atoms in total. The summed E-state index contributed by atoms with van der Waals surface area (Å²) in [6, 6.07) is 0. The Kier molecular flexibility index (Phi) is 3.87. The molecule has 0 radical (unpaired) electrons. The van der Waals surface area contributed by atoms with Crippen LogP contribution in [0.15, 0.2) is 18.7 Å². The largest absolute Gasteiger partial charge is 0.313 e. The molecule has 17 heavy (non-hydrogen) atoms. The van der Waals surface area contributed by atoms with Crippen molar-refractivity contribution in [1.82, 2.24) is 29.9 Å². The molecule has 0 saturated carbocycles. The monoisotopic (exact) mass is 234 g/mol. The van der Waals surface area contributed by atoms with Crippen molar-refractivity contribution in [2.45, 2.75) is 26.4 Å². The summed E-state index contributed by atoms with van der Waals surface area (Å²) in [5.74, 6) is 0.904. The molecular weight excluding hydrogens is 216 g/mol. The van der Waals surface area contributed by atoms with Gasteiger partial charge in [0.2, 0.25) is 0 Å². The second-order valence-electron chi connectivity index (χ2n) is 4.02. The van der Waals surface area contributed by atoms with E-state index < -0.39 is 0 Å². The predicted molar refractivity (Wildman–Crippen MR) is 64.3 cm³/mol. The van der Waals surface area contributed by atoms with E-state index >= 15 is 0 Å². The number of aryl methyl sites for hydroxylation is 1. The molecule has 0 amide bonds. The molecule has 0 aliphatic rings. The fourth-order valence-electron chi connectivity index (χ4n) is 1.60. The number of nitrogens with one attached hydrogen (secondary N) is 1. The van der Waals surface area contributed by atoms with Gasteiger partial charge in [-0.15, -0.1) is 0 Å². The van der Waals surface area contributed by atoms with Crippen LogP contribution >= 0.6 is 0 Å². The van der Waals surface area contributed by atoms with Crippen LogP contribution in [0.25, 0.3) is 0 Å². The Labute approximate surface area is 101 Å². The number of hydrogen-bond donors (Lipinski definition) is 1. The van der Waals surface area contributed by atoms with Crippen LogP contribution in [0.2, 0.25) is 0 Å². The zero-order valence-electron chi connectivity index (χ0n) is 10.3. The minimum Gasteiger partial charge on any atom is -0.313 e. The van der Waals surface area contributed by atoms with Gasteiger partial charge in [-0.2, -0.15) is 10.2 Å². The lowest BCUT2D eigenvalue weighted by Crippen LogP contribution is -2.13. The molecule has 92 valence electrons. The van der Waals surface area contributed by atoms with Crippen LogP contribution in [0.3, 0.4) is 0 Å². The van der Waals surface area contributed by atoms with Crippen molar-refractivity contribution in [3.8, 4) is 0 Å². The molecule has 1 N–H and O–H groups in total. The Morgan fingerprint density at radius 2 is 2.24 bits per heavy atom. The number of aromatic nitrogens is 5. The Hall–Kier alpha value is -1.69. The van der Waals surface area contributed by atoms with Crippen molar-refractivity contribution in [1.29, 1.82) is 0 Å². The van der Waals surface area contributed by atoms with Gasteiger partial charge >= 0.3 is 0 Å². The van der Waals surface area contributed by atoms with E-state index in [0.29, 0.717) is 6.54 Å². The fraction of sp³-hybridized carbons (Fsp3) is 0.545. The maximum atomic E-state index is 4.31. The Bertz CT molecular complexity index is 458. The summed E-state index contributed by atoms with van der Waals surface area (Å²) in [7, 11) is 1.88. The molecule has 0 saturated heterocycles. The number of rotatable bonds is 6. The Morgan fingerprint density at radius 1 is 1.35 bits per heavy atom. The Morgan fingerprint density at radius 3 is 2.94 bits per heavy atom. The first-order chi connectivity index (χ1) is 8.29. The molecule has 0 spiro atoms. The molecule has 2 rings (SSSR count). The normalized spacial score (nSPS) is 10.9. The lowest BCUT2D eigenvalue weighted by Gasteiger charge is -2.00. The Balaban J connectivity index is 1.92. The summed E-state index contributed by atoms with van der Waals surface area (Å²) >= 11 is 0. The molecule has 0 atom stereocenters. The third-order valence-electron chi connectivity index (χ3n) is 2.55. The van der Waals surface area contributed by atoms with Gasteiger partial charge in [-0.05, 0) is 13.0 Å². The maximum Gasteiger partial charge on any atom is 0.148 e. The van der Waals surface area contributed by atoms with E-state index in [0.717, 1.165) is 25.3 Å². The van der Waals surface area contributed by atoms with Crippen molar-refractivity contribution in [3.63, 3.8) is 0 Å². The van der Waals surface area contributed by atoms with Crippen molar-refractivity contribution < 1.29 is 0 Å². The second-order valence-corrected chi connectivity index (χ2v) is 4.02. The first-order valence-electron chi connectivity index (χ1n) is 5.84. The highest BCUT2D eigenvalue weighted by atomic mass is 15.3. The highest BCUT2D eigenvalue weighted by Crippen LogP contribution is 2.00. The lowest BCUT2D eigenvalue weighted by molar-refractivity contribution is 0.606. The van der Waals surface area contributed by atoms with E-state index in [9.17, 15) is 0 Å². The zero-order valence-corrected chi connectivity index (χ0v) is 10.3. The van der Waals surface area contributed by atoms with Gasteiger partial charge in [0.25, 0.3) is 0 Å². The summed E-state index contributed by atoms with van der Waals surface area (Å²) in [5.41, 5.74) is 1.20. The van der Waals surface area contributed by atoms with Crippen LogP contribution in [0.5, 0.6) is 0 Å². The summed E-state index contributed by atoms with van der Waals surface area (Å²) in [6.45, 7) is 4.72. The quantitative estimate of drug-likeness (QED) is 0.742. The van der Waals surface area contributed by atoms with Crippen LogP contribution < -0.4 is 5.32 Å². The molecular formula is C11H18N6. The number of nitrogens with zero attached hydrogens (tertiary/aromatic N) is 5. The van der Waals surface area contributed by atoms with Crippen LogP contribution in [-0.2, 0) is 20.1 Å². The molecule has 2 heterocycles. The smallest absolute Gasteiger partial charge is 0.148 e. The average Bonchev–Trinajstić information content (AvgIpc) is 2.91. The third-order valence-corrected chi connectivity index (χ3v) is 2.55. The van der Waals surface area contributed by atoms with E-state index in [2.05, 4.69) is 27.4 Å². The van der Waals surface area contributed by atoms with Gasteiger partial charge in [-0.25, -0.2) is 4.98 Å². The molecule has 0 aromatic carbocycles. The minimum absolute atomic E-state index is 0.657. The standard InChI is InChI=1S/C11H18N6/c1-3-4-12-5-10-6-14-17(7-10)8-11-13-9-15-16(11)2/h6-7,9,12H,3-5,8H2,1-2H3. The van der Waals surface area contributed by atoms with Crippen LogP contribution in [0.4, 0.5) is 0 Å². The van der Waals surface area contributed by atoms with Gasteiger partial charge < -0.3 is 5.32 Å². The maximum absolute atomic E-state index is 4.31. The molecule has 0 aliphatic carbocycles. The summed E-state index contributed by atoms with van der Waals surface area (Å²) < 4.78 is 3.64. The summed E-state index contributed by atoms with van der Waals surface area (Å²) in [6.07, 6.45) is 6.63. The highest BCUT2D eigenvalue weighted by molar-refractivity contribution is 5.04. The molecule has 0 aliphatic heterocycles. The molecule has 0 bridgehead atoms. The van der Waals surface area contributed by atoms with Gasteiger partial charge in [0.1, 0.15) is 18.7 Å². The molecule has 0 fully saturated rings. The SMILES string of the molecule is CCCNCc1cnn(Cc2ncnn2C)c1. The zero-order chi connectivity index (χ0) is 12.1. The van der Waals surface area contributed by atoms with Gasteiger partial charge in [0.05, 0.1) is 6.20 Å². The van der Waals surface area contributed by atoms with E-state index in [1.807, 2.05) is 24.1 Å². The molecule has 2 aromatic heterocycles. The first kappa shape index (κ1) is 11.8. The van der Waals surface area contributed by atoms with E-state index in [-0.39, 0.29) is 0 Å². The van der Waals surface area contributed by atoms with Crippen LogP contribution in [0.1, 0.15) is 24.7 Å². The van der Waals surface area contributed by atoms with Crippen LogP contribution in [0, 0.1) is 0 Å². The van der Waals surface area contributed by atoms with Crippen molar-refractivity contribution in [2.75, 3.05) is 6.54 Å². The van der Waals surface area contributed by atoms with Crippen molar-refractivity contribution in [3.05, 3.63) is 30.1 Å². The van der Waals surface area contributed by atoms with Crippen molar-refractivity contribution in [2.24, 2.45) is 7.05 Å². The van der Waals surface area contributed by atoms with Gasteiger partial charge in [0.15, 0.2) is 0 Å². The summed E-state index contributed by atoms with van der Waals surface area (Å²) in [4.78, 5) is 4.17. The molecule has 6 heteroatoms. The molecule has 2 aromatic rings. The average molecular weight is 234 g/mol. The number of hydrogen-bond acceptors (Lipinski definition) is 4.